The van der Waals surface area contributed by atoms with E-state index >= 15 is 0 Å². The summed E-state index contributed by atoms with van der Waals surface area (Å²) in [7, 11) is 1.88. The molecule has 0 radical (unpaired) electrons. The summed E-state index contributed by atoms with van der Waals surface area (Å²) in [6, 6.07) is 6.02. The first-order valence-electron chi connectivity index (χ1n) is 4.39. The Hall–Kier alpha value is -1.44. The maximum Gasteiger partial charge on any atom is 0.0577 e. The summed E-state index contributed by atoms with van der Waals surface area (Å²) < 4.78 is 0. The summed E-state index contributed by atoms with van der Waals surface area (Å²) in [5, 5.41) is 3.06. The van der Waals surface area contributed by atoms with Gasteiger partial charge in [0.05, 0.1) is 11.4 Å². The first-order valence-corrected chi connectivity index (χ1v) is 4.39. The van der Waals surface area contributed by atoms with Gasteiger partial charge in [-0.15, -0.1) is 0 Å². The van der Waals surface area contributed by atoms with Gasteiger partial charge >= 0.3 is 0 Å². The molecule has 0 unspecified atom stereocenters. The van der Waals surface area contributed by atoms with Crippen molar-refractivity contribution in [3.8, 4) is 0 Å². The minimum Gasteiger partial charge on any atom is -0.397 e. The summed E-state index contributed by atoms with van der Waals surface area (Å²) in [4.78, 5) is 0. The molecule has 0 spiro atoms. The fraction of sp³-hybridized carbons (Fsp3) is 0.273. The van der Waals surface area contributed by atoms with E-state index in [4.69, 9.17) is 5.73 Å². The number of allylic oxidation sites excluding steroid dienone is 2. The number of benzene rings is 1. The van der Waals surface area contributed by atoms with E-state index < -0.39 is 0 Å². The molecule has 0 aliphatic carbocycles. The normalized spacial score (nSPS) is 11.5. The molecule has 0 bridgehead atoms. The van der Waals surface area contributed by atoms with Crippen molar-refractivity contribution in [1.82, 2.24) is 0 Å². The van der Waals surface area contributed by atoms with Gasteiger partial charge in [-0.25, -0.2) is 0 Å². The van der Waals surface area contributed by atoms with Crippen molar-refractivity contribution in [3.05, 3.63) is 29.8 Å². The van der Waals surface area contributed by atoms with Crippen molar-refractivity contribution >= 4 is 16.9 Å². The number of hydrogen-bond donors (Lipinski definition) is 2. The van der Waals surface area contributed by atoms with Gasteiger partial charge in [-0.2, -0.15) is 0 Å². The van der Waals surface area contributed by atoms with E-state index in [1.165, 1.54) is 11.1 Å². The minimum absolute atomic E-state index is 0.787. The lowest BCUT2D eigenvalue weighted by Gasteiger charge is -2.07. The zero-order valence-electron chi connectivity index (χ0n) is 8.39. The molecule has 1 aromatic rings. The third-order valence-electron chi connectivity index (χ3n) is 2.21. The highest BCUT2D eigenvalue weighted by molar-refractivity contribution is 5.74. The van der Waals surface area contributed by atoms with Crippen molar-refractivity contribution in [2.45, 2.75) is 13.8 Å². The number of anilines is 2. The van der Waals surface area contributed by atoms with E-state index in [0.29, 0.717) is 0 Å². The molecule has 0 heterocycles. The fourth-order valence-corrected chi connectivity index (χ4v) is 1.18. The SMILES string of the molecule is C/C=C(\C)c1ccc(N)c(NC)c1. The number of nitrogen functional groups attached to an aromatic ring is 1. The van der Waals surface area contributed by atoms with E-state index in [-0.39, 0.29) is 0 Å². The average Bonchev–Trinajstić information content (AvgIpc) is 2.17. The largest absolute Gasteiger partial charge is 0.397 e. The third-order valence-corrected chi connectivity index (χ3v) is 2.21. The van der Waals surface area contributed by atoms with Crippen molar-refractivity contribution in [2.24, 2.45) is 0 Å². The van der Waals surface area contributed by atoms with Gasteiger partial charge in [0.2, 0.25) is 0 Å². The van der Waals surface area contributed by atoms with Crippen molar-refractivity contribution < 1.29 is 0 Å². The number of nitrogens with one attached hydrogen (secondary N) is 1. The maximum absolute atomic E-state index is 5.76. The first kappa shape index (κ1) is 9.65. The molecule has 13 heavy (non-hydrogen) atoms. The zero-order chi connectivity index (χ0) is 9.84. The van der Waals surface area contributed by atoms with Crippen LogP contribution in [0.1, 0.15) is 19.4 Å². The molecule has 0 fully saturated rings. The van der Waals surface area contributed by atoms with Gasteiger partial charge < -0.3 is 11.1 Å². The Morgan fingerprint density at radius 3 is 2.69 bits per heavy atom. The van der Waals surface area contributed by atoms with E-state index in [0.717, 1.165) is 11.4 Å². The third kappa shape index (κ3) is 2.02. The van der Waals surface area contributed by atoms with Crippen LogP contribution in [0.3, 0.4) is 0 Å². The Labute approximate surface area is 79.5 Å². The molecule has 2 nitrogen and oxygen atoms in total. The predicted molar refractivity (Wildman–Crippen MR) is 59.7 cm³/mol. The summed E-state index contributed by atoms with van der Waals surface area (Å²) in [5.41, 5.74) is 10.0. The van der Waals surface area contributed by atoms with Crippen LogP contribution in [0, 0.1) is 0 Å². The van der Waals surface area contributed by atoms with Crippen molar-refractivity contribution in [1.29, 1.82) is 0 Å². The molecule has 70 valence electrons. The highest BCUT2D eigenvalue weighted by Gasteiger charge is 1.99. The smallest absolute Gasteiger partial charge is 0.0577 e. The Kier molecular flexibility index (Phi) is 2.96. The van der Waals surface area contributed by atoms with Crippen LogP contribution in [0.4, 0.5) is 11.4 Å². The van der Waals surface area contributed by atoms with Crippen LogP contribution in [0.15, 0.2) is 24.3 Å². The van der Waals surface area contributed by atoms with E-state index in [1.807, 2.05) is 26.1 Å². The van der Waals surface area contributed by atoms with Crippen LogP contribution >= 0.6 is 0 Å². The minimum atomic E-state index is 0.787. The molecule has 3 N–H and O–H groups in total. The molecule has 2 heteroatoms. The lowest BCUT2D eigenvalue weighted by atomic mass is 10.1. The molecule has 1 aromatic carbocycles. The quantitative estimate of drug-likeness (QED) is 0.680. The van der Waals surface area contributed by atoms with Gasteiger partial charge in [0.15, 0.2) is 0 Å². The number of nitrogens with two attached hydrogens (primary N) is 1. The van der Waals surface area contributed by atoms with Crippen LogP contribution in [0.5, 0.6) is 0 Å². The highest BCUT2D eigenvalue weighted by Crippen LogP contribution is 2.23. The lowest BCUT2D eigenvalue weighted by molar-refractivity contribution is 1.47. The molecule has 0 saturated carbocycles. The van der Waals surface area contributed by atoms with Crippen LogP contribution in [-0.2, 0) is 0 Å². The van der Waals surface area contributed by atoms with Gasteiger partial charge in [0, 0.05) is 7.05 Å². The molecular weight excluding hydrogens is 160 g/mol. The number of rotatable bonds is 2. The van der Waals surface area contributed by atoms with E-state index in [9.17, 15) is 0 Å². The van der Waals surface area contributed by atoms with Gasteiger partial charge in [-0.3, -0.25) is 0 Å². The van der Waals surface area contributed by atoms with Gasteiger partial charge in [-0.05, 0) is 37.1 Å². The summed E-state index contributed by atoms with van der Waals surface area (Å²) in [6.45, 7) is 4.12. The number of hydrogen-bond acceptors (Lipinski definition) is 2. The Balaban J connectivity index is 3.13. The monoisotopic (exact) mass is 176 g/mol. The predicted octanol–water partition coefficient (Wildman–Crippen LogP) is 2.73. The van der Waals surface area contributed by atoms with Gasteiger partial charge in [0.1, 0.15) is 0 Å². The van der Waals surface area contributed by atoms with Crippen LogP contribution in [0.2, 0.25) is 0 Å². The topological polar surface area (TPSA) is 38.0 Å². The second kappa shape index (κ2) is 3.99. The summed E-state index contributed by atoms with van der Waals surface area (Å²) in [5.74, 6) is 0. The Bertz CT molecular complexity index is 327. The lowest BCUT2D eigenvalue weighted by Crippen LogP contribution is -1.96. The zero-order valence-corrected chi connectivity index (χ0v) is 8.39. The molecular formula is C11H16N2. The maximum atomic E-state index is 5.76. The molecule has 0 amide bonds. The second-order valence-corrected chi connectivity index (χ2v) is 3.02. The standard InChI is InChI=1S/C11H16N2/c1-4-8(2)9-5-6-10(12)11(7-9)13-3/h4-7,13H,12H2,1-3H3/b8-4+. The second-order valence-electron chi connectivity index (χ2n) is 3.02. The van der Waals surface area contributed by atoms with Crippen LogP contribution in [-0.4, -0.2) is 7.05 Å². The van der Waals surface area contributed by atoms with Crippen LogP contribution in [0.25, 0.3) is 5.57 Å². The van der Waals surface area contributed by atoms with Crippen molar-refractivity contribution in [3.63, 3.8) is 0 Å². The van der Waals surface area contributed by atoms with Crippen molar-refractivity contribution in [2.75, 3.05) is 18.1 Å². The Morgan fingerprint density at radius 2 is 2.15 bits per heavy atom. The van der Waals surface area contributed by atoms with Gasteiger partial charge in [-0.1, -0.05) is 12.1 Å². The highest BCUT2D eigenvalue weighted by atomic mass is 14.8. The Morgan fingerprint density at radius 1 is 1.46 bits per heavy atom. The van der Waals surface area contributed by atoms with Crippen LogP contribution < -0.4 is 11.1 Å². The molecule has 0 aliphatic rings. The van der Waals surface area contributed by atoms with E-state index in [2.05, 4.69) is 24.4 Å². The first-order chi connectivity index (χ1) is 6.19. The van der Waals surface area contributed by atoms with E-state index in [1.54, 1.807) is 0 Å². The summed E-state index contributed by atoms with van der Waals surface area (Å²) >= 11 is 0. The molecule has 0 aliphatic heterocycles. The van der Waals surface area contributed by atoms with Gasteiger partial charge in [0.25, 0.3) is 0 Å². The molecule has 0 aromatic heterocycles. The average molecular weight is 176 g/mol. The molecule has 0 atom stereocenters. The molecule has 0 saturated heterocycles. The molecule has 1 rings (SSSR count). The summed E-state index contributed by atoms with van der Waals surface area (Å²) in [6.07, 6.45) is 2.09. The fourth-order valence-electron chi connectivity index (χ4n) is 1.18.